The van der Waals surface area contributed by atoms with Crippen molar-refractivity contribution in [3.8, 4) is 0 Å². The van der Waals surface area contributed by atoms with Gasteiger partial charge < -0.3 is 10.0 Å². The summed E-state index contributed by atoms with van der Waals surface area (Å²) in [4.78, 5) is 5.44. The first-order chi connectivity index (χ1) is 11.7. The normalized spacial score (nSPS) is 26.4. The fraction of sp³-hybridized carbons (Fsp3) is 0.842. The summed E-state index contributed by atoms with van der Waals surface area (Å²) in [5, 5.41) is 14.4. The first kappa shape index (κ1) is 16.6. The van der Waals surface area contributed by atoms with Crippen LogP contribution in [0.1, 0.15) is 69.4 Å². The van der Waals surface area contributed by atoms with Crippen molar-refractivity contribution in [1.82, 2.24) is 19.6 Å². The summed E-state index contributed by atoms with van der Waals surface area (Å²) in [7, 11) is 0. The first-order valence-corrected chi connectivity index (χ1v) is 9.93. The number of fused-ring (bicyclic) bond motifs is 1. The zero-order valence-corrected chi connectivity index (χ0v) is 15.0. The molecule has 1 aromatic heterocycles. The number of aryl methyl sites for hydroxylation is 1. The van der Waals surface area contributed by atoms with Gasteiger partial charge in [-0.05, 0) is 58.2 Å². The number of hydrogen-bond acceptors (Lipinski definition) is 4. The molecule has 2 fully saturated rings. The van der Waals surface area contributed by atoms with Crippen LogP contribution in [0.3, 0.4) is 0 Å². The number of rotatable bonds is 3. The molecule has 2 aliphatic heterocycles. The Morgan fingerprint density at radius 1 is 0.958 bits per heavy atom. The van der Waals surface area contributed by atoms with Gasteiger partial charge in [-0.1, -0.05) is 12.8 Å². The Labute approximate surface area is 145 Å². The fourth-order valence-electron chi connectivity index (χ4n) is 4.91. The van der Waals surface area contributed by atoms with Gasteiger partial charge in [0.05, 0.1) is 17.5 Å². The van der Waals surface area contributed by atoms with Crippen molar-refractivity contribution in [1.29, 1.82) is 0 Å². The van der Waals surface area contributed by atoms with Gasteiger partial charge in [-0.3, -0.25) is 9.58 Å². The van der Waals surface area contributed by atoms with Crippen LogP contribution in [-0.2, 0) is 13.1 Å². The molecule has 0 aromatic carbocycles. The smallest absolute Gasteiger partial charge is 0.0950 e. The molecule has 1 saturated carbocycles. The van der Waals surface area contributed by atoms with E-state index in [1.54, 1.807) is 6.92 Å². The molecule has 1 atom stereocenters. The van der Waals surface area contributed by atoms with Crippen molar-refractivity contribution in [3.05, 3.63) is 17.5 Å². The van der Waals surface area contributed by atoms with E-state index in [2.05, 4.69) is 25.6 Å². The number of aliphatic hydroxyl groups excluding tert-OH is 1. The van der Waals surface area contributed by atoms with Crippen LogP contribution in [-0.4, -0.2) is 56.4 Å². The number of aromatic nitrogens is 2. The van der Waals surface area contributed by atoms with Gasteiger partial charge in [-0.25, -0.2) is 0 Å². The van der Waals surface area contributed by atoms with Gasteiger partial charge in [0.2, 0.25) is 0 Å². The second-order valence-electron chi connectivity index (χ2n) is 7.99. The lowest BCUT2D eigenvalue weighted by molar-refractivity contribution is 0.0810. The zero-order chi connectivity index (χ0) is 16.5. The van der Waals surface area contributed by atoms with E-state index in [0.717, 1.165) is 37.3 Å². The van der Waals surface area contributed by atoms with Gasteiger partial charge in [0.25, 0.3) is 0 Å². The number of hydrogen-bond donors (Lipinski definition) is 1. The number of aliphatic hydroxyl groups is 1. The molecule has 1 aliphatic carbocycles. The lowest BCUT2D eigenvalue weighted by Crippen LogP contribution is -2.47. The molecule has 1 N–H and O–H groups in total. The van der Waals surface area contributed by atoms with E-state index in [0.29, 0.717) is 0 Å². The molecular formula is C19H32N4O. The van der Waals surface area contributed by atoms with E-state index < -0.39 is 6.10 Å². The van der Waals surface area contributed by atoms with Crippen LogP contribution in [0.2, 0.25) is 0 Å². The Bertz CT molecular complexity index is 542. The van der Waals surface area contributed by atoms with Gasteiger partial charge in [-0.15, -0.1) is 0 Å². The van der Waals surface area contributed by atoms with Crippen LogP contribution >= 0.6 is 0 Å². The first-order valence-electron chi connectivity index (χ1n) is 9.93. The van der Waals surface area contributed by atoms with Crippen LogP contribution in [0.15, 0.2) is 6.07 Å². The highest BCUT2D eigenvalue weighted by molar-refractivity contribution is 5.13. The maximum Gasteiger partial charge on any atom is 0.0950 e. The molecule has 134 valence electrons. The second kappa shape index (κ2) is 7.14. The Balaban J connectivity index is 1.37. The molecule has 0 bridgehead atoms. The Hall–Kier alpha value is -0.910. The maximum absolute atomic E-state index is 9.80. The minimum absolute atomic E-state index is 0.465. The quantitative estimate of drug-likeness (QED) is 0.924. The fourth-order valence-corrected chi connectivity index (χ4v) is 4.91. The van der Waals surface area contributed by atoms with E-state index in [1.807, 2.05) is 0 Å². The third-order valence-electron chi connectivity index (χ3n) is 6.35. The van der Waals surface area contributed by atoms with Gasteiger partial charge >= 0.3 is 0 Å². The van der Waals surface area contributed by atoms with Crippen LogP contribution < -0.4 is 0 Å². The monoisotopic (exact) mass is 332 g/mol. The summed E-state index contributed by atoms with van der Waals surface area (Å²) in [6, 6.07) is 3.71. The number of piperidine rings is 1. The zero-order valence-electron chi connectivity index (χ0n) is 15.0. The van der Waals surface area contributed by atoms with E-state index in [1.165, 1.54) is 63.9 Å². The van der Waals surface area contributed by atoms with Crippen molar-refractivity contribution in [3.63, 3.8) is 0 Å². The molecule has 0 spiro atoms. The molecule has 0 radical (unpaired) electrons. The summed E-state index contributed by atoms with van der Waals surface area (Å²) in [6.07, 6.45) is 9.05. The molecule has 24 heavy (non-hydrogen) atoms. The van der Waals surface area contributed by atoms with Crippen molar-refractivity contribution in [2.24, 2.45) is 0 Å². The van der Waals surface area contributed by atoms with E-state index in [4.69, 9.17) is 0 Å². The lowest BCUT2D eigenvalue weighted by atomic mass is 10.0. The average molecular weight is 332 g/mol. The highest BCUT2D eigenvalue weighted by atomic mass is 16.3. The topological polar surface area (TPSA) is 44.5 Å². The number of nitrogens with zero attached hydrogens (tertiary/aromatic N) is 4. The summed E-state index contributed by atoms with van der Waals surface area (Å²) in [5.41, 5.74) is 2.10. The van der Waals surface area contributed by atoms with Gasteiger partial charge in [0, 0.05) is 31.7 Å². The standard InChI is InChI=1S/C19H32N4O/c1-15(24)19-13-18-14-22(9-4-10-23(18)20-19)17-7-11-21(12-8-17)16-5-2-3-6-16/h13,15-17,24H,2-12,14H2,1H3/t15-/m0/s1. The molecular weight excluding hydrogens is 300 g/mol. The molecule has 0 amide bonds. The highest BCUT2D eigenvalue weighted by Gasteiger charge is 2.30. The van der Waals surface area contributed by atoms with Crippen molar-refractivity contribution < 1.29 is 5.11 Å². The summed E-state index contributed by atoms with van der Waals surface area (Å²) >= 11 is 0. The molecule has 4 rings (SSSR count). The van der Waals surface area contributed by atoms with Gasteiger partial charge in [0.1, 0.15) is 0 Å². The maximum atomic E-state index is 9.80. The molecule has 0 unspecified atom stereocenters. The SMILES string of the molecule is C[C@H](O)c1cc2n(n1)CCCN(C1CCN(C3CCCC3)CC1)C2. The van der Waals surface area contributed by atoms with E-state index >= 15 is 0 Å². The number of likely N-dealkylation sites (tertiary alicyclic amines) is 1. The predicted octanol–water partition coefficient (Wildman–Crippen LogP) is 2.55. The molecule has 5 nitrogen and oxygen atoms in total. The van der Waals surface area contributed by atoms with Crippen molar-refractivity contribution >= 4 is 0 Å². The van der Waals surface area contributed by atoms with Crippen LogP contribution in [0, 0.1) is 0 Å². The van der Waals surface area contributed by atoms with Crippen molar-refractivity contribution in [2.45, 2.75) is 83.1 Å². The minimum Gasteiger partial charge on any atom is -0.387 e. The summed E-state index contributed by atoms with van der Waals surface area (Å²) < 4.78 is 2.12. The van der Waals surface area contributed by atoms with Crippen molar-refractivity contribution in [2.75, 3.05) is 19.6 Å². The second-order valence-corrected chi connectivity index (χ2v) is 7.99. The Morgan fingerprint density at radius 2 is 1.67 bits per heavy atom. The molecule has 1 aromatic rings. The largest absolute Gasteiger partial charge is 0.387 e. The Kier molecular flexibility index (Phi) is 4.93. The third-order valence-corrected chi connectivity index (χ3v) is 6.35. The molecule has 3 heterocycles. The summed E-state index contributed by atoms with van der Waals surface area (Å²) in [6.45, 7) is 7.53. The Morgan fingerprint density at radius 3 is 2.38 bits per heavy atom. The van der Waals surface area contributed by atoms with Gasteiger partial charge in [0.15, 0.2) is 0 Å². The van der Waals surface area contributed by atoms with Gasteiger partial charge in [-0.2, -0.15) is 5.10 Å². The third kappa shape index (κ3) is 3.39. The van der Waals surface area contributed by atoms with E-state index in [-0.39, 0.29) is 0 Å². The molecule has 1 saturated heterocycles. The molecule has 5 heteroatoms. The van der Waals surface area contributed by atoms with Crippen LogP contribution in [0.4, 0.5) is 0 Å². The predicted molar refractivity (Wildman–Crippen MR) is 94.7 cm³/mol. The lowest BCUT2D eigenvalue weighted by Gasteiger charge is -2.40. The highest BCUT2D eigenvalue weighted by Crippen LogP contribution is 2.28. The summed E-state index contributed by atoms with van der Waals surface area (Å²) in [5.74, 6) is 0. The van der Waals surface area contributed by atoms with E-state index in [9.17, 15) is 5.11 Å². The minimum atomic E-state index is -0.465. The van der Waals surface area contributed by atoms with Crippen LogP contribution in [0.25, 0.3) is 0 Å². The van der Waals surface area contributed by atoms with Crippen LogP contribution in [0.5, 0.6) is 0 Å². The average Bonchev–Trinajstić information content (AvgIpc) is 3.21. The molecule has 3 aliphatic rings.